The predicted octanol–water partition coefficient (Wildman–Crippen LogP) is 11.4. The lowest BCUT2D eigenvalue weighted by atomic mass is 10.1. The van der Waals surface area contributed by atoms with Crippen molar-refractivity contribution in [2.24, 2.45) is 0 Å². The van der Waals surface area contributed by atoms with Crippen LogP contribution in [0.3, 0.4) is 0 Å². The van der Waals surface area contributed by atoms with Crippen molar-refractivity contribution in [3.05, 3.63) is 119 Å². The number of aromatic carboxylic acids is 2. The van der Waals surface area contributed by atoms with Crippen molar-refractivity contribution in [2.75, 3.05) is 0 Å². The highest BCUT2D eigenvalue weighted by Gasteiger charge is 2.21. The van der Waals surface area contributed by atoms with E-state index < -0.39 is 23.9 Å². The smallest absolute Gasteiger partial charge is 0.335 e. The molecule has 0 atom stereocenters. The number of carboxylic acid groups (broad SMARTS) is 4. The van der Waals surface area contributed by atoms with Crippen LogP contribution < -0.4 is 0 Å². The molecule has 0 aliphatic heterocycles. The van der Waals surface area contributed by atoms with Gasteiger partial charge in [-0.15, -0.1) is 56.7 Å². The zero-order chi connectivity index (χ0) is 37.2. The van der Waals surface area contributed by atoms with Gasteiger partial charge in [-0.1, -0.05) is 24.3 Å². The van der Waals surface area contributed by atoms with E-state index in [1.165, 1.54) is 0 Å². The molecule has 0 radical (unpaired) electrons. The lowest BCUT2D eigenvalue weighted by Gasteiger charge is -2.01. The highest BCUT2D eigenvalue weighted by atomic mass is 32.1. The van der Waals surface area contributed by atoms with Crippen LogP contribution in [0.15, 0.2) is 97.1 Å². The number of hydrogen-bond donors (Lipinski definition) is 4. The van der Waals surface area contributed by atoms with Crippen LogP contribution in [0.4, 0.5) is 0 Å². The minimum atomic E-state index is -0.987. The summed E-state index contributed by atoms with van der Waals surface area (Å²) in [5.41, 5.74) is 3.92. The number of benzene rings is 2. The molecular formula is C40H28O8S5. The molecule has 0 saturated carbocycles. The van der Waals surface area contributed by atoms with Gasteiger partial charge in [-0.25, -0.2) is 9.59 Å². The van der Waals surface area contributed by atoms with Crippen LogP contribution in [-0.2, 0) is 22.4 Å². The van der Waals surface area contributed by atoms with Gasteiger partial charge in [0, 0.05) is 61.6 Å². The summed E-state index contributed by atoms with van der Waals surface area (Å²) >= 11 is 7.87. The van der Waals surface area contributed by atoms with Crippen molar-refractivity contribution >= 4 is 80.6 Å². The van der Waals surface area contributed by atoms with Gasteiger partial charge in [0.25, 0.3) is 0 Å². The van der Waals surface area contributed by atoms with Crippen LogP contribution >= 0.6 is 56.7 Å². The van der Waals surface area contributed by atoms with Crippen LogP contribution in [0.5, 0.6) is 0 Å². The van der Waals surface area contributed by atoms with Crippen molar-refractivity contribution in [3.63, 3.8) is 0 Å². The molecule has 0 bridgehead atoms. The van der Waals surface area contributed by atoms with E-state index >= 15 is 0 Å². The Kier molecular flexibility index (Phi) is 10.5. The molecule has 0 fully saturated rings. The molecule has 4 N–H and O–H groups in total. The van der Waals surface area contributed by atoms with Gasteiger partial charge in [0.15, 0.2) is 0 Å². The molecule has 5 heterocycles. The SMILES string of the molecule is O=C(O)CCc1cc(-c2ccc(-c3cccc(C(=O)O)c3)s2)sc1-c1ccc(-c2sc(-c3ccc(-c4cccc(C(=O)O)c4)s3)cc2CCC(=O)O)s1. The molecule has 0 spiro atoms. The maximum atomic E-state index is 11.6. The third kappa shape index (κ3) is 8.09. The van der Waals surface area contributed by atoms with E-state index in [4.69, 9.17) is 0 Å². The lowest BCUT2D eigenvalue weighted by Crippen LogP contribution is -1.97. The first kappa shape index (κ1) is 36.2. The molecular weight excluding hydrogens is 769 g/mol. The average Bonchev–Trinajstić information content (AvgIpc) is 3.98. The van der Waals surface area contributed by atoms with E-state index in [2.05, 4.69) is 0 Å². The molecule has 5 aromatic heterocycles. The topological polar surface area (TPSA) is 149 Å². The van der Waals surface area contributed by atoms with Gasteiger partial charge in [-0.2, -0.15) is 0 Å². The van der Waals surface area contributed by atoms with E-state index in [1.807, 2.05) is 60.7 Å². The van der Waals surface area contributed by atoms with E-state index in [0.717, 1.165) is 71.0 Å². The molecule has 0 aliphatic rings. The molecule has 2 aromatic carbocycles. The number of carbonyl (C=O) groups is 4. The largest absolute Gasteiger partial charge is 0.481 e. The summed E-state index contributed by atoms with van der Waals surface area (Å²) in [6.45, 7) is 0. The Morgan fingerprint density at radius 2 is 0.792 bits per heavy atom. The summed E-state index contributed by atoms with van der Waals surface area (Å²) in [7, 11) is 0. The molecule has 53 heavy (non-hydrogen) atoms. The van der Waals surface area contributed by atoms with Gasteiger partial charge in [-0.05, 0) is 108 Å². The zero-order valence-corrected chi connectivity index (χ0v) is 31.6. The highest BCUT2D eigenvalue weighted by Crippen LogP contribution is 2.49. The van der Waals surface area contributed by atoms with Crippen molar-refractivity contribution in [3.8, 4) is 59.9 Å². The molecule has 7 rings (SSSR count). The number of aryl methyl sites for hydroxylation is 2. The molecule has 0 unspecified atom stereocenters. The molecule has 13 heteroatoms. The predicted molar refractivity (Wildman–Crippen MR) is 214 cm³/mol. The first-order valence-corrected chi connectivity index (χ1v) is 20.3. The summed E-state index contributed by atoms with van der Waals surface area (Å²) in [4.78, 5) is 56.1. The summed E-state index contributed by atoms with van der Waals surface area (Å²) in [5, 5.41) is 37.9. The van der Waals surface area contributed by atoms with E-state index in [9.17, 15) is 39.6 Å². The number of rotatable bonds is 14. The van der Waals surface area contributed by atoms with Gasteiger partial charge in [0.05, 0.1) is 11.1 Å². The van der Waals surface area contributed by atoms with E-state index in [-0.39, 0.29) is 24.0 Å². The molecule has 266 valence electrons. The van der Waals surface area contributed by atoms with Gasteiger partial charge >= 0.3 is 23.9 Å². The second-order valence-corrected chi connectivity index (χ2v) is 17.3. The Labute approximate surface area is 323 Å². The van der Waals surface area contributed by atoms with Crippen LogP contribution in [0.1, 0.15) is 44.7 Å². The van der Waals surface area contributed by atoms with Gasteiger partial charge < -0.3 is 20.4 Å². The van der Waals surface area contributed by atoms with Gasteiger partial charge in [0.2, 0.25) is 0 Å². The quantitative estimate of drug-likeness (QED) is 0.0850. The monoisotopic (exact) mass is 796 g/mol. The second-order valence-electron chi connectivity index (χ2n) is 12.0. The summed E-state index contributed by atoms with van der Waals surface area (Å²) in [6, 6.07) is 29.8. The average molecular weight is 797 g/mol. The maximum absolute atomic E-state index is 11.6. The third-order valence-electron chi connectivity index (χ3n) is 8.37. The fraction of sp³-hybridized carbons (Fsp3) is 0.100. The van der Waals surface area contributed by atoms with Crippen molar-refractivity contribution in [1.82, 2.24) is 0 Å². The van der Waals surface area contributed by atoms with Crippen molar-refractivity contribution in [1.29, 1.82) is 0 Å². The molecule has 8 nitrogen and oxygen atoms in total. The lowest BCUT2D eigenvalue weighted by molar-refractivity contribution is -0.138. The maximum Gasteiger partial charge on any atom is 0.335 e. The highest BCUT2D eigenvalue weighted by molar-refractivity contribution is 7.30. The van der Waals surface area contributed by atoms with E-state index in [0.29, 0.717) is 12.8 Å². The van der Waals surface area contributed by atoms with Gasteiger partial charge in [0.1, 0.15) is 0 Å². The number of hydrogen-bond acceptors (Lipinski definition) is 9. The molecule has 0 aliphatic carbocycles. The molecule has 7 aromatic rings. The standard InChI is InChI=1S/C40H28O8S5/c41-35(42)15-7-23-19-33(29-11-9-27(49-29)21-3-1-5-25(17-21)39(45)46)52-37(23)31-13-14-32(51-31)38-24(8-16-36(43)44)20-34(53-38)30-12-10-28(50-30)22-4-2-6-26(18-22)40(47)48/h1-6,9-14,17-20H,7-8,15-16H2,(H,41,42)(H,43,44)(H,45,46)(H,47,48). The third-order valence-corrected chi connectivity index (χ3v) is 14.8. The van der Waals surface area contributed by atoms with Gasteiger partial charge in [-0.3, -0.25) is 9.59 Å². The van der Waals surface area contributed by atoms with Crippen LogP contribution in [0.2, 0.25) is 0 Å². The normalized spacial score (nSPS) is 11.2. The Morgan fingerprint density at radius 1 is 0.415 bits per heavy atom. The molecule has 0 amide bonds. The Balaban J connectivity index is 1.22. The van der Waals surface area contributed by atoms with Crippen LogP contribution in [0, 0.1) is 0 Å². The summed E-state index contributed by atoms with van der Waals surface area (Å²) in [5.74, 6) is -3.74. The zero-order valence-electron chi connectivity index (χ0n) is 27.5. The Bertz CT molecular complexity index is 2340. The fourth-order valence-corrected chi connectivity index (χ4v) is 11.7. The number of thiophene rings is 5. The summed E-state index contributed by atoms with van der Waals surface area (Å²) in [6.07, 6.45) is 0.680. The molecule has 0 saturated heterocycles. The van der Waals surface area contributed by atoms with Crippen molar-refractivity contribution < 1.29 is 39.6 Å². The number of carboxylic acids is 4. The first-order chi connectivity index (χ1) is 25.5. The summed E-state index contributed by atoms with van der Waals surface area (Å²) < 4.78 is 0. The first-order valence-electron chi connectivity index (χ1n) is 16.2. The van der Waals surface area contributed by atoms with Crippen molar-refractivity contribution in [2.45, 2.75) is 25.7 Å². The van der Waals surface area contributed by atoms with E-state index in [1.54, 1.807) is 93.1 Å². The minimum absolute atomic E-state index is 0.0178. The number of aliphatic carboxylic acids is 2. The Hall–Kier alpha value is -5.18. The fourth-order valence-electron chi connectivity index (χ4n) is 5.82. The minimum Gasteiger partial charge on any atom is -0.481 e. The second kappa shape index (κ2) is 15.4. The van der Waals surface area contributed by atoms with Crippen LogP contribution in [0.25, 0.3) is 59.9 Å². The Morgan fingerprint density at radius 3 is 1.19 bits per heavy atom. The van der Waals surface area contributed by atoms with Crippen LogP contribution in [-0.4, -0.2) is 44.3 Å².